The van der Waals surface area contributed by atoms with E-state index in [9.17, 15) is 15.0 Å². The van der Waals surface area contributed by atoms with Crippen molar-refractivity contribution in [3.05, 3.63) is 89.0 Å². The second-order valence-corrected chi connectivity index (χ2v) is 7.45. The highest BCUT2D eigenvalue weighted by atomic mass is 16.5. The van der Waals surface area contributed by atoms with E-state index in [1.165, 1.54) is 42.3 Å². The first-order chi connectivity index (χ1) is 13.9. The van der Waals surface area contributed by atoms with Crippen LogP contribution in [0.15, 0.2) is 66.7 Å². The minimum atomic E-state index is -1.73. The molecule has 0 aromatic heterocycles. The van der Waals surface area contributed by atoms with Crippen LogP contribution in [0, 0.1) is 0 Å². The van der Waals surface area contributed by atoms with E-state index in [1.807, 2.05) is 24.3 Å². The number of aliphatic hydroxyl groups excluding tert-OH is 1. The molecule has 0 spiro atoms. The van der Waals surface area contributed by atoms with Crippen molar-refractivity contribution in [2.75, 3.05) is 0 Å². The fraction of sp³-hybridized carbons (Fsp3) is 0.208. The SMILES string of the molecule is CC(O)C(N)(C(=O)OCc1cccc2c1Cc1ccccc1-2)c1ccc(O)cc1. The highest BCUT2D eigenvalue weighted by Crippen LogP contribution is 2.38. The quantitative estimate of drug-likeness (QED) is 0.456. The number of aliphatic hydroxyl groups is 1. The average Bonchev–Trinajstić information content (AvgIpc) is 3.11. The fourth-order valence-corrected chi connectivity index (χ4v) is 3.89. The van der Waals surface area contributed by atoms with Crippen LogP contribution in [0.3, 0.4) is 0 Å². The normalized spacial score (nSPS) is 15.1. The molecule has 2 unspecified atom stereocenters. The Morgan fingerprint density at radius 3 is 2.48 bits per heavy atom. The molecule has 0 heterocycles. The van der Waals surface area contributed by atoms with Crippen LogP contribution in [0.25, 0.3) is 11.1 Å². The Labute approximate surface area is 169 Å². The summed E-state index contributed by atoms with van der Waals surface area (Å²) in [4.78, 5) is 12.9. The lowest BCUT2D eigenvalue weighted by Crippen LogP contribution is -2.54. The molecule has 0 fully saturated rings. The molecule has 3 aromatic carbocycles. The first kappa shape index (κ1) is 19.2. The smallest absolute Gasteiger partial charge is 0.333 e. The number of phenolic OH excluding ortho intramolecular Hbond substituents is 1. The van der Waals surface area contributed by atoms with Crippen LogP contribution in [-0.4, -0.2) is 22.3 Å². The summed E-state index contributed by atoms with van der Waals surface area (Å²) in [5.74, 6) is -0.666. The third-order valence-electron chi connectivity index (χ3n) is 5.65. The van der Waals surface area contributed by atoms with Crippen molar-refractivity contribution in [2.45, 2.75) is 31.6 Å². The molecule has 0 saturated heterocycles. The maximum atomic E-state index is 12.9. The lowest BCUT2D eigenvalue weighted by molar-refractivity contribution is -0.156. The number of aromatic hydroxyl groups is 1. The van der Waals surface area contributed by atoms with Gasteiger partial charge in [0.1, 0.15) is 12.4 Å². The van der Waals surface area contributed by atoms with Crippen molar-refractivity contribution < 1.29 is 19.7 Å². The predicted molar refractivity (Wildman–Crippen MR) is 110 cm³/mol. The minimum Gasteiger partial charge on any atom is -0.508 e. The minimum absolute atomic E-state index is 0.0504. The van der Waals surface area contributed by atoms with E-state index in [2.05, 4.69) is 18.2 Å². The maximum Gasteiger partial charge on any atom is 0.333 e. The fourth-order valence-electron chi connectivity index (χ4n) is 3.89. The van der Waals surface area contributed by atoms with Gasteiger partial charge in [0.2, 0.25) is 0 Å². The Balaban J connectivity index is 1.58. The third kappa shape index (κ3) is 3.28. The molecule has 0 aliphatic heterocycles. The van der Waals surface area contributed by atoms with E-state index in [-0.39, 0.29) is 12.4 Å². The van der Waals surface area contributed by atoms with Gasteiger partial charge in [0, 0.05) is 0 Å². The van der Waals surface area contributed by atoms with E-state index < -0.39 is 17.6 Å². The molecule has 1 aliphatic rings. The van der Waals surface area contributed by atoms with Crippen molar-refractivity contribution in [3.63, 3.8) is 0 Å². The molecule has 3 aromatic rings. The van der Waals surface area contributed by atoms with E-state index >= 15 is 0 Å². The Kier molecular flexibility index (Phi) is 4.86. The number of esters is 1. The van der Waals surface area contributed by atoms with Gasteiger partial charge in [0.15, 0.2) is 5.54 Å². The highest BCUT2D eigenvalue weighted by molar-refractivity contribution is 5.83. The van der Waals surface area contributed by atoms with Crippen molar-refractivity contribution in [1.29, 1.82) is 0 Å². The average molecular weight is 389 g/mol. The van der Waals surface area contributed by atoms with Crippen molar-refractivity contribution in [2.24, 2.45) is 5.73 Å². The van der Waals surface area contributed by atoms with Crippen LogP contribution in [0.5, 0.6) is 5.75 Å². The van der Waals surface area contributed by atoms with Gasteiger partial charge in [-0.25, -0.2) is 4.79 Å². The Hall–Kier alpha value is -3.15. The third-order valence-corrected chi connectivity index (χ3v) is 5.65. The van der Waals surface area contributed by atoms with Gasteiger partial charge in [0.25, 0.3) is 0 Å². The second-order valence-electron chi connectivity index (χ2n) is 7.45. The molecule has 29 heavy (non-hydrogen) atoms. The van der Waals surface area contributed by atoms with Gasteiger partial charge in [0.05, 0.1) is 6.10 Å². The summed E-state index contributed by atoms with van der Waals surface area (Å²) in [6.45, 7) is 1.52. The number of hydrogen-bond acceptors (Lipinski definition) is 5. The van der Waals surface area contributed by atoms with Crippen LogP contribution in [0.2, 0.25) is 0 Å². The number of fused-ring (bicyclic) bond motifs is 3. The first-order valence-corrected chi connectivity index (χ1v) is 9.54. The molecular weight excluding hydrogens is 366 g/mol. The lowest BCUT2D eigenvalue weighted by atomic mass is 9.86. The molecule has 2 atom stereocenters. The lowest BCUT2D eigenvalue weighted by Gasteiger charge is -2.30. The van der Waals surface area contributed by atoms with Gasteiger partial charge < -0.3 is 20.7 Å². The van der Waals surface area contributed by atoms with Crippen LogP contribution in [-0.2, 0) is 28.1 Å². The molecule has 0 bridgehead atoms. The molecule has 1 aliphatic carbocycles. The number of carbonyl (C=O) groups is 1. The van der Waals surface area contributed by atoms with Crippen molar-refractivity contribution in [3.8, 4) is 16.9 Å². The Bertz CT molecular complexity index is 1060. The number of rotatable bonds is 5. The van der Waals surface area contributed by atoms with Crippen molar-refractivity contribution in [1.82, 2.24) is 0 Å². The summed E-state index contributed by atoms with van der Waals surface area (Å²) in [6.07, 6.45) is -0.383. The summed E-state index contributed by atoms with van der Waals surface area (Å²) in [5.41, 5.74) is 10.6. The topological polar surface area (TPSA) is 92.8 Å². The van der Waals surface area contributed by atoms with Gasteiger partial charge in [-0.05, 0) is 58.9 Å². The van der Waals surface area contributed by atoms with Gasteiger partial charge in [-0.1, -0.05) is 54.6 Å². The van der Waals surface area contributed by atoms with Gasteiger partial charge in [-0.15, -0.1) is 0 Å². The molecule has 5 heteroatoms. The number of benzene rings is 3. The molecule has 0 amide bonds. The zero-order valence-electron chi connectivity index (χ0n) is 16.1. The number of ether oxygens (including phenoxy) is 1. The number of hydrogen-bond donors (Lipinski definition) is 3. The molecular formula is C24H23NO4. The first-order valence-electron chi connectivity index (χ1n) is 9.54. The van der Waals surface area contributed by atoms with E-state index in [1.54, 1.807) is 0 Å². The van der Waals surface area contributed by atoms with Crippen LogP contribution in [0.4, 0.5) is 0 Å². The summed E-state index contributed by atoms with van der Waals surface area (Å²) < 4.78 is 5.58. The molecule has 0 saturated carbocycles. The zero-order valence-corrected chi connectivity index (χ0v) is 16.1. The second kappa shape index (κ2) is 7.35. The Morgan fingerprint density at radius 2 is 1.76 bits per heavy atom. The van der Waals surface area contributed by atoms with Gasteiger partial charge in [-0.2, -0.15) is 0 Å². The van der Waals surface area contributed by atoms with Crippen molar-refractivity contribution >= 4 is 5.97 Å². The highest BCUT2D eigenvalue weighted by Gasteiger charge is 2.42. The monoisotopic (exact) mass is 389 g/mol. The summed E-state index contributed by atoms with van der Waals surface area (Å²) in [6, 6.07) is 20.1. The molecule has 148 valence electrons. The zero-order chi connectivity index (χ0) is 20.6. The van der Waals surface area contributed by atoms with E-state index in [4.69, 9.17) is 10.5 Å². The number of carbonyl (C=O) groups excluding carboxylic acids is 1. The Morgan fingerprint density at radius 1 is 1.07 bits per heavy atom. The largest absolute Gasteiger partial charge is 0.508 e. The van der Waals surface area contributed by atoms with Gasteiger partial charge in [-0.3, -0.25) is 0 Å². The van der Waals surface area contributed by atoms with Gasteiger partial charge >= 0.3 is 5.97 Å². The summed E-state index contributed by atoms with van der Waals surface area (Å²) in [7, 11) is 0. The van der Waals surface area contributed by atoms with E-state index in [0.29, 0.717) is 5.56 Å². The number of phenols is 1. The molecule has 4 rings (SSSR count). The van der Waals surface area contributed by atoms with Crippen LogP contribution < -0.4 is 5.73 Å². The summed E-state index contributed by atoms with van der Waals surface area (Å²) >= 11 is 0. The molecule has 5 nitrogen and oxygen atoms in total. The summed E-state index contributed by atoms with van der Waals surface area (Å²) in [5, 5.41) is 19.7. The van der Waals surface area contributed by atoms with Crippen LogP contribution in [0.1, 0.15) is 29.2 Å². The molecule has 4 N–H and O–H groups in total. The number of nitrogens with two attached hydrogens (primary N) is 1. The molecule has 0 radical (unpaired) electrons. The maximum absolute atomic E-state index is 12.9. The van der Waals surface area contributed by atoms with E-state index in [0.717, 1.165) is 23.1 Å². The van der Waals surface area contributed by atoms with Crippen LogP contribution >= 0.6 is 0 Å². The predicted octanol–water partition coefficient (Wildman–Crippen LogP) is 3.24. The standard InChI is InChI=1S/C24H23NO4/c1-15(26)24(25,18-9-11-19(27)12-10-18)23(28)29-14-17-6-4-8-21-20-7-3-2-5-16(20)13-22(17)21/h2-12,15,26-27H,13-14,25H2,1H3.